The van der Waals surface area contributed by atoms with E-state index < -0.39 is 0 Å². The molecule has 1 atom stereocenters. The standard InChI is InChI=1S/C19H31FN4O.HI/c1-4-14(5-2)12-23-19(22-6-3)24-13-16(18(21)25)11-15-7-9-17(20)10-8-15;/h7-10,14,16H,4-6,11-13H2,1-3H3,(H2,21,25)(H2,22,23,24);1H. The first-order valence-corrected chi connectivity index (χ1v) is 9.05. The Bertz CT molecular complexity index is 547. The van der Waals surface area contributed by atoms with Crippen LogP contribution in [0.25, 0.3) is 0 Å². The number of carbonyl (C=O) groups is 1. The number of nitrogens with two attached hydrogens (primary N) is 1. The Kier molecular flexibility index (Phi) is 13.0. The summed E-state index contributed by atoms with van der Waals surface area (Å²) in [5.41, 5.74) is 6.41. The van der Waals surface area contributed by atoms with Gasteiger partial charge in [-0.1, -0.05) is 38.8 Å². The molecular weight excluding hydrogens is 446 g/mol. The van der Waals surface area contributed by atoms with Crippen LogP contribution in [0.1, 0.15) is 39.2 Å². The Morgan fingerprint density at radius 2 is 1.77 bits per heavy atom. The molecule has 0 heterocycles. The third-order valence-electron chi connectivity index (χ3n) is 4.32. The number of primary amides is 1. The second kappa shape index (κ2) is 13.8. The maximum Gasteiger partial charge on any atom is 0.222 e. The molecular formula is C19H32FIN4O. The first-order valence-electron chi connectivity index (χ1n) is 9.05. The van der Waals surface area contributed by atoms with Crippen molar-refractivity contribution in [3.63, 3.8) is 0 Å². The molecule has 1 unspecified atom stereocenters. The number of benzene rings is 1. The second-order valence-corrected chi connectivity index (χ2v) is 6.21. The molecule has 0 aromatic heterocycles. The number of nitrogens with zero attached hydrogens (tertiary/aromatic N) is 1. The number of nitrogens with one attached hydrogen (secondary N) is 2. The number of guanidine groups is 1. The van der Waals surface area contributed by atoms with Gasteiger partial charge in [0.25, 0.3) is 0 Å². The Labute approximate surface area is 173 Å². The van der Waals surface area contributed by atoms with Crippen LogP contribution in [0, 0.1) is 17.7 Å². The molecule has 0 bridgehead atoms. The molecule has 0 aliphatic rings. The molecule has 1 amide bonds. The molecule has 7 heteroatoms. The van der Waals surface area contributed by atoms with Crippen molar-refractivity contribution < 1.29 is 9.18 Å². The average molecular weight is 478 g/mol. The van der Waals surface area contributed by atoms with Crippen LogP contribution in [0.4, 0.5) is 4.39 Å². The monoisotopic (exact) mass is 478 g/mol. The molecule has 0 aliphatic carbocycles. The summed E-state index contributed by atoms with van der Waals surface area (Å²) in [6.45, 7) is 8.21. The molecule has 0 fully saturated rings. The summed E-state index contributed by atoms with van der Waals surface area (Å²) >= 11 is 0. The van der Waals surface area contributed by atoms with Gasteiger partial charge in [-0.2, -0.15) is 0 Å². The fourth-order valence-corrected chi connectivity index (χ4v) is 2.51. The quantitative estimate of drug-likeness (QED) is 0.275. The van der Waals surface area contributed by atoms with Crippen molar-refractivity contribution in [2.75, 3.05) is 19.6 Å². The van der Waals surface area contributed by atoms with E-state index in [2.05, 4.69) is 29.5 Å². The Morgan fingerprint density at radius 3 is 2.27 bits per heavy atom. The maximum atomic E-state index is 13.0. The van der Waals surface area contributed by atoms with Crippen LogP contribution < -0.4 is 16.4 Å². The molecule has 0 spiro atoms. The van der Waals surface area contributed by atoms with E-state index in [1.54, 1.807) is 12.1 Å². The zero-order valence-corrected chi connectivity index (χ0v) is 18.3. The van der Waals surface area contributed by atoms with Gasteiger partial charge in [0.05, 0.1) is 5.92 Å². The normalized spacial score (nSPS) is 12.4. The smallest absolute Gasteiger partial charge is 0.222 e. The van der Waals surface area contributed by atoms with E-state index in [1.807, 2.05) is 6.92 Å². The lowest BCUT2D eigenvalue weighted by Crippen LogP contribution is -2.43. The molecule has 0 saturated heterocycles. The third-order valence-corrected chi connectivity index (χ3v) is 4.32. The van der Waals surface area contributed by atoms with Crippen LogP contribution in [-0.4, -0.2) is 31.5 Å². The van der Waals surface area contributed by atoms with Crippen LogP contribution >= 0.6 is 24.0 Å². The van der Waals surface area contributed by atoms with E-state index in [0.29, 0.717) is 24.8 Å². The van der Waals surface area contributed by atoms with Gasteiger partial charge < -0.3 is 16.4 Å². The van der Waals surface area contributed by atoms with Crippen LogP contribution in [0.2, 0.25) is 0 Å². The Hall–Kier alpha value is -1.38. The molecule has 4 N–H and O–H groups in total. The van der Waals surface area contributed by atoms with Gasteiger partial charge in [-0.25, -0.2) is 4.39 Å². The minimum atomic E-state index is -0.387. The number of amides is 1. The largest absolute Gasteiger partial charge is 0.369 e. The van der Waals surface area contributed by atoms with Gasteiger partial charge in [0, 0.05) is 19.6 Å². The number of carbonyl (C=O) groups excluding carboxylic acids is 1. The minimum absolute atomic E-state index is 0. The highest BCUT2D eigenvalue weighted by atomic mass is 127. The average Bonchev–Trinajstić information content (AvgIpc) is 2.60. The predicted molar refractivity (Wildman–Crippen MR) is 116 cm³/mol. The van der Waals surface area contributed by atoms with Gasteiger partial charge >= 0.3 is 0 Å². The summed E-state index contributed by atoms with van der Waals surface area (Å²) in [5.74, 6) is 0.192. The van der Waals surface area contributed by atoms with Crippen LogP contribution in [0.5, 0.6) is 0 Å². The van der Waals surface area contributed by atoms with Gasteiger partial charge in [0.15, 0.2) is 5.96 Å². The summed E-state index contributed by atoms with van der Waals surface area (Å²) in [4.78, 5) is 16.3. The molecule has 1 aromatic carbocycles. The van der Waals surface area contributed by atoms with Gasteiger partial charge in [-0.3, -0.25) is 9.79 Å². The highest BCUT2D eigenvalue weighted by Crippen LogP contribution is 2.10. The van der Waals surface area contributed by atoms with E-state index in [1.165, 1.54) is 12.1 Å². The van der Waals surface area contributed by atoms with Gasteiger partial charge in [0.2, 0.25) is 5.91 Å². The van der Waals surface area contributed by atoms with Crippen molar-refractivity contribution >= 4 is 35.8 Å². The zero-order chi connectivity index (χ0) is 18.7. The van der Waals surface area contributed by atoms with Gasteiger partial charge in [-0.15, -0.1) is 24.0 Å². The molecule has 5 nitrogen and oxygen atoms in total. The van der Waals surface area contributed by atoms with Crippen molar-refractivity contribution in [3.8, 4) is 0 Å². The highest BCUT2D eigenvalue weighted by molar-refractivity contribution is 14.0. The van der Waals surface area contributed by atoms with Crippen molar-refractivity contribution in [1.29, 1.82) is 0 Å². The van der Waals surface area contributed by atoms with Gasteiger partial charge in [0.1, 0.15) is 5.82 Å². The fourth-order valence-electron chi connectivity index (χ4n) is 2.51. The first-order chi connectivity index (χ1) is 12.0. The zero-order valence-electron chi connectivity index (χ0n) is 15.9. The number of hydrogen-bond donors (Lipinski definition) is 3. The second-order valence-electron chi connectivity index (χ2n) is 6.21. The topological polar surface area (TPSA) is 79.5 Å². The first kappa shape index (κ1) is 24.6. The number of aliphatic imine (C=N–C) groups is 1. The molecule has 1 rings (SSSR count). The summed E-state index contributed by atoms with van der Waals surface area (Å²) in [6.07, 6.45) is 2.65. The van der Waals surface area contributed by atoms with Crippen molar-refractivity contribution in [3.05, 3.63) is 35.6 Å². The third kappa shape index (κ3) is 9.35. The molecule has 148 valence electrons. The number of rotatable bonds is 10. The highest BCUT2D eigenvalue weighted by Gasteiger charge is 2.17. The lowest BCUT2D eigenvalue weighted by Gasteiger charge is -2.18. The van der Waals surface area contributed by atoms with E-state index in [0.717, 1.165) is 31.5 Å². The lowest BCUT2D eigenvalue weighted by molar-refractivity contribution is -0.121. The van der Waals surface area contributed by atoms with Crippen LogP contribution in [-0.2, 0) is 11.2 Å². The van der Waals surface area contributed by atoms with Crippen LogP contribution in [0.15, 0.2) is 29.3 Å². The molecule has 0 radical (unpaired) electrons. The lowest BCUT2D eigenvalue weighted by atomic mass is 9.98. The summed E-state index contributed by atoms with van der Waals surface area (Å²) in [7, 11) is 0. The van der Waals surface area contributed by atoms with Crippen molar-refractivity contribution in [1.82, 2.24) is 10.6 Å². The Morgan fingerprint density at radius 1 is 1.15 bits per heavy atom. The van der Waals surface area contributed by atoms with Gasteiger partial charge in [-0.05, 0) is 37.0 Å². The molecule has 0 saturated carbocycles. The maximum absolute atomic E-state index is 13.0. The van der Waals surface area contributed by atoms with Crippen molar-refractivity contribution in [2.24, 2.45) is 22.6 Å². The number of halogens is 2. The minimum Gasteiger partial charge on any atom is -0.369 e. The molecule has 0 aliphatic heterocycles. The van der Waals surface area contributed by atoms with Crippen LogP contribution in [0.3, 0.4) is 0 Å². The Balaban J connectivity index is 0.00000625. The van der Waals surface area contributed by atoms with E-state index in [9.17, 15) is 9.18 Å². The predicted octanol–water partition coefficient (Wildman–Crippen LogP) is 3.08. The van der Waals surface area contributed by atoms with E-state index in [4.69, 9.17) is 5.73 Å². The SMILES string of the molecule is CCNC(=NCC(CC)CC)NCC(Cc1ccc(F)cc1)C(N)=O.I. The molecule has 26 heavy (non-hydrogen) atoms. The van der Waals surface area contributed by atoms with Crippen molar-refractivity contribution in [2.45, 2.75) is 40.0 Å². The summed E-state index contributed by atoms with van der Waals surface area (Å²) < 4.78 is 13.0. The summed E-state index contributed by atoms with van der Waals surface area (Å²) in [5, 5.41) is 6.39. The number of hydrogen-bond acceptors (Lipinski definition) is 2. The van der Waals surface area contributed by atoms with E-state index >= 15 is 0 Å². The van der Waals surface area contributed by atoms with E-state index in [-0.39, 0.29) is 41.6 Å². The molecule has 1 aromatic rings. The fraction of sp³-hybridized carbons (Fsp3) is 0.579. The summed E-state index contributed by atoms with van der Waals surface area (Å²) in [6, 6.07) is 6.14.